The van der Waals surface area contributed by atoms with E-state index in [1.54, 1.807) is 0 Å². The molecule has 0 amide bonds. The number of aromatic nitrogens is 4. The van der Waals surface area contributed by atoms with Crippen molar-refractivity contribution in [3.05, 3.63) is 158 Å². The smallest absolute Gasteiger partial charge is 0.236 e. The fourth-order valence-electron chi connectivity index (χ4n) is 7.72. The van der Waals surface area contributed by atoms with Crippen molar-refractivity contribution in [2.45, 2.75) is 0 Å². The van der Waals surface area contributed by atoms with Gasteiger partial charge in [0.15, 0.2) is 5.58 Å². The minimum absolute atomic E-state index is 0.610. The molecule has 0 saturated carbocycles. The van der Waals surface area contributed by atoms with Gasteiger partial charge in [0.1, 0.15) is 16.8 Å². The summed E-state index contributed by atoms with van der Waals surface area (Å²) in [5, 5.41) is 8.08. The van der Waals surface area contributed by atoms with E-state index < -0.39 is 0 Å². The van der Waals surface area contributed by atoms with Crippen molar-refractivity contribution in [2.75, 3.05) is 0 Å². The van der Waals surface area contributed by atoms with Gasteiger partial charge < -0.3 is 8.98 Å². The van der Waals surface area contributed by atoms with Crippen LogP contribution >= 0.6 is 0 Å². The minimum atomic E-state index is 0.610. The Bertz CT molecular complexity index is 3110. The molecule has 0 aliphatic carbocycles. The molecular formula is C44H26N4O. The lowest BCUT2D eigenvalue weighted by atomic mass is 10.1. The second-order valence-electron chi connectivity index (χ2n) is 12.6. The fourth-order valence-corrected chi connectivity index (χ4v) is 7.72. The zero-order chi connectivity index (χ0) is 32.1. The summed E-state index contributed by atoms with van der Waals surface area (Å²) in [7, 11) is 0. The van der Waals surface area contributed by atoms with Gasteiger partial charge in [-0.2, -0.15) is 0 Å². The van der Waals surface area contributed by atoms with E-state index in [4.69, 9.17) is 14.4 Å². The lowest BCUT2D eigenvalue weighted by Crippen LogP contribution is -2.03. The van der Waals surface area contributed by atoms with Gasteiger partial charge in [0.2, 0.25) is 5.95 Å². The van der Waals surface area contributed by atoms with Crippen molar-refractivity contribution >= 4 is 76.5 Å². The molecule has 4 aromatic heterocycles. The van der Waals surface area contributed by atoms with Gasteiger partial charge in [-0.3, -0.25) is 4.57 Å². The van der Waals surface area contributed by atoms with Crippen molar-refractivity contribution in [3.63, 3.8) is 0 Å². The summed E-state index contributed by atoms with van der Waals surface area (Å²) < 4.78 is 11.1. The summed E-state index contributed by atoms with van der Waals surface area (Å²) in [5.74, 6) is 0.610. The quantitative estimate of drug-likeness (QED) is 0.196. The van der Waals surface area contributed by atoms with Crippen LogP contribution in [0.4, 0.5) is 0 Å². The summed E-state index contributed by atoms with van der Waals surface area (Å²) in [5.41, 5.74) is 9.50. The van der Waals surface area contributed by atoms with Gasteiger partial charge in [-0.15, -0.1) is 0 Å². The second-order valence-corrected chi connectivity index (χ2v) is 12.6. The molecule has 49 heavy (non-hydrogen) atoms. The molecule has 4 heterocycles. The normalized spacial score (nSPS) is 12.1. The van der Waals surface area contributed by atoms with Gasteiger partial charge in [-0.1, -0.05) is 103 Å². The van der Waals surface area contributed by atoms with Gasteiger partial charge in [-0.05, 0) is 65.4 Å². The van der Waals surface area contributed by atoms with Crippen LogP contribution in [-0.4, -0.2) is 19.1 Å². The van der Waals surface area contributed by atoms with Gasteiger partial charge in [-0.25, -0.2) is 9.97 Å². The van der Waals surface area contributed by atoms with Crippen LogP contribution in [0.15, 0.2) is 162 Å². The van der Waals surface area contributed by atoms with Crippen molar-refractivity contribution < 1.29 is 4.42 Å². The molecule has 0 N–H and O–H groups in total. The highest BCUT2D eigenvalue weighted by Crippen LogP contribution is 2.40. The van der Waals surface area contributed by atoms with E-state index >= 15 is 0 Å². The van der Waals surface area contributed by atoms with Crippen LogP contribution in [0.2, 0.25) is 0 Å². The van der Waals surface area contributed by atoms with E-state index in [0.29, 0.717) is 11.5 Å². The van der Waals surface area contributed by atoms with Crippen LogP contribution in [-0.2, 0) is 0 Å². The van der Waals surface area contributed by atoms with Crippen molar-refractivity contribution in [1.29, 1.82) is 0 Å². The molecule has 0 bridgehead atoms. The molecular weight excluding hydrogens is 601 g/mol. The molecule has 11 aromatic rings. The van der Waals surface area contributed by atoms with E-state index in [1.807, 2.05) is 18.2 Å². The molecule has 11 rings (SSSR count). The van der Waals surface area contributed by atoms with E-state index in [2.05, 4.69) is 149 Å². The lowest BCUT2D eigenvalue weighted by molar-refractivity contribution is 0.666. The molecule has 0 radical (unpaired) electrons. The summed E-state index contributed by atoms with van der Waals surface area (Å²) in [6.07, 6.45) is 0. The van der Waals surface area contributed by atoms with E-state index in [-0.39, 0.29) is 0 Å². The van der Waals surface area contributed by atoms with Gasteiger partial charge in [0, 0.05) is 38.2 Å². The summed E-state index contributed by atoms with van der Waals surface area (Å²) in [4.78, 5) is 10.7. The standard InChI is InChI=1S/C44H26N4O/c1-2-14-30(15-3-1)47-36-19-9-6-16-31(36)33-23-22-29(26-38(33)47)41-43-42(34-18-8-11-21-40(34)49-43)46-44(45-41)48-37-20-10-7-17-32(37)35-24-27-12-4-5-13-28(27)25-39(35)48/h1-26H. The van der Waals surface area contributed by atoms with Crippen LogP contribution in [0.1, 0.15) is 0 Å². The first-order chi connectivity index (χ1) is 24.3. The van der Waals surface area contributed by atoms with E-state index in [9.17, 15) is 0 Å². The summed E-state index contributed by atoms with van der Waals surface area (Å²) in [6, 6.07) is 55.5. The lowest BCUT2D eigenvalue weighted by Gasteiger charge is -2.11. The van der Waals surface area contributed by atoms with Crippen molar-refractivity contribution in [1.82, 2.24) is 19.1 Å². The number of benzene rings is 7. The molecule has 228 valence electrons. The molecule has 0 saturated heterocycles. The molecule has 5 nitrogen and oxygen atoms in total. The van der Waals surface area contributed by atoms with E-state index in [0.717, 1.165) is 55.5 Å². The Labute approximate surface area is 279 Å². The fraction of sp³-hybridized carbons (Fsp3) is 0. The SMILES string of the molecule is c1ccc(-n2c3ccccc3c3ccc(-c4nc(-n5c6ccccc6c6cc7ccccc7cc65)nc5c4oc4ccccc45)cc32)cc1. The third kappa shape index (κ3) is 3.75. The van der Waals surface area contributed by atoms with Gasteiger partial charge >= 0.3 is 0 Å². The van der Waals surface area contributed by atoms with Crippen LogP contribution in [0.3, 0.4) is 0 Å². The summed E-state index contributed by atoms with van der Waals surface area (Å²) >= 11 is 0. The highest BCUT2D eigenvalue weighted by Gasteiger charge is 2.22. The number of hydrogen-bond donors (Lipinski definition) is 0. The Morgan fingerprint density at radius 1 is 0.429 bits per heavy atom. The van der Waals surface area contributed by atoms with Crippen LogP contribution in [0, 0.1) is 0 Å². The first-order valence-corrected chi connectivity index (χ1v) is 16.5. The molecule has 0 aliphatic rings. The molecule has 0 atom stereocenters. The molecule has 5 heteroatoms. The van der Waals surface area contributed by atoms with Crippen molar-refractivity contribution in [2.24, 2.45) is 0 Å². The monoisotopic (exact) mass is 626 g/mol. The summed E-state index contributed by atoms with van der Waals surface area (Å²) in [6.45, 7) is 0. The zero-order valence-corrected chi connectivity index (χ0v) is 26.2. The van der Waals surface area contributed by atoms with Crippen LogP contribution in [0.5, 0.6) is 0 Å². The number of nitrogens with zero attached hydrogens (tertiary/aromatic N) is 4. The number of rotatable bonds is 3. The minimum Gasteiger partial charge on any atom is -0.452 e. The predicted octanol–water partition coefficient (Wildman–Crippen LogP) is 11.4. The van der Waals surface area contributed by atoms with Gasteiger partial charge in [0.25, 0.3) is 0 Å². The van der Waals surface area contributed by atoms with Crippen molar-refractivity contribution in [3.8, 4) is 22.9 Å². The Kier molecular flexibility index (Phi) is 5.32. The maximum Gasteiger partial charge on any atom is 0.236 e. The third-order valence-electron chi connectivity index (χ3n) is 9.91. The molecule has 7 aromatic carbocycles. The van der Waals surface area contributed by atoms with E-state index in [1.165, 1.54) is 32.3 Å². The first-order valence-electron chi connectivity index (χ1n) is 16.5. The maximum absolute atomic E-state index is 6.59. The highest BCUT2D eigenvalue weighted by atomic mass is 16.3. The Hall–Kier alpha value is -6.72. The average molecular weight is 627 g/mol. The Morgan fingerprint density at radius 2 is 1.04 bits per heavy atom. The molecule has 0 spiro atoms. The maximum atomic E-state index is 6.59. The number of furan rings is 1. The predicted molar refractivity (Wildman–Crippen MR) is 201 cm³/mol. The number of fused-ring (bicyclic) bond motifs is 10. The van der Waals surface area contributed by atoms with Gasteiger partial charge in [0.05, 0.1) is 22.1 Å². The largest absolute Gasteiger partial charge is 0.452 e. The first kappa shape index (κ1) is 26.4. The third-order valence-corrected chi connectivity index (χ3v) is 9.91. The Balaban J connectivity index is 1.26. The zero-order valence-electron chi connectivity index (χ0n) is 26.2. The molecule has 0 unspecified atom stereocenters. The molecule has 0 fully saturated rings. The topological polar surface area (TPSA) is 48.8 Å². The highest BCUT2D eigenvalue weighted by molar-refractivity contribution is 6.14. The Morgan fingerprint density at radius 3 is 1.86 bits per heavy atom. The number of para-hydroxylation sites is 4. The molecule has 0 aliphatic heterocycles. The number of hydrogen-bond acceptors (Lipinski definition) is 3. The average Bonchev–Trinajstić information content (AvgIpc) is 3.81. The second kappa shape index (κ2) is 9.89. The van der Waals surface area contributed by atoms with Crippen LogP contribution < -0.4 is 0 Å². The van der Waals surface area contributed by atoms with Crippen LogP contribution in [0.25, 0.3) is 99.3 Å².